The summed E-state index contributed by atoms with van der Waals surface area (Å²) in [5.74, 6) is -0.882. The van der Waals surface area contributed by atoms with Gasteiger partial charge < -0.3 is 15.4 Å². The highest BCUT2D eigenvalue weighted by molar-refractivity contribution is 5.85. The zero-order valence-corrected chi connectivity index (χ0v) is 12.1. The van der Waals surface area contributed by atoms with Crippen molar-refractivity contribution in [1.82, 2.24) is 4.57 Å². The maximum absolute atomic E-state index is 10.9. The Morgan fingerprint density at radius 1 is 1.09 bits per heavy atom. The molecule has 112 valence electrons. The van der Waals surface area contributed by atoms with Crippen molar-refractivity contribution in [1.29, 1.82) is 0 Å². The topological polar surface area (TPSA) is 68.2 Å². The summed E-state index contributed by atoms with van der Waals surface area (Å²) >= 11 is 0. The second-order valence-electron chi connectivity index (χ2n) is 5.42. The minimum absolute atomic E-state index is 0.0701. The van der Waals surface area contributed by atoms with Crippen molar-refractivity contribution < 1.29 is 9.90 Å². The highest BCUT2D eigenvalue weighted by atomic mass is 16.4. The van der Waals surface area contributed by atoms with E-state index in [4.69, 9.17) is 10.8 Å². The van der Waals surface area contributed by atoms with Crippen molar-refractivity contribution in [2.75, 3.05) is 0 Å². The van der Waals surface area contributed by atoms with Gasteiger partial charge in [-0.3, -0.25) is 4.79 Å². The monoisotopic (exact) mass is 294 g/mol. The standard InChI is InChI=1S/C18H18N2O2/c19-16(10-18(21)22)15-12-20(11-13-6-2-1-3-7-13)17-9-5-4-8-14(15)17/h1-9,12,16H,10-11,19H2,(H,21,22). The summed E-state index contributed by atoms with van der Waals surface area (Å²) in [5, 5.41) is 9.99. The van der Waals surface area contributed by atoms with Crippen LogP contribution in [0.5, 0.6) is 0 Å². The van der Waals surface area contributed by atoms with Crippen LogP contribution in [-0.4, -0.2) is 15.6 Å². The molecule has 1 heterocycles. The fraction of sp³-hybridized carbons (Fsp3) is 0.167. The predicted octanol–water partition coefficient (Wildman–Crippen LogP) is 3.16. The molecule has 4 nitrogen and oxygen atoms in total. The number of benzene rings is 2. The molecule has 2 aromatic carbocycles. The van der Waals surface area contributed by atoms with Gasteiger partial charge in [-0.1, -0.05) is 48.5 Å². The Bertz CT molecular complexity index is 793. The van der Waals surface area contributed by atoms with E-state index in [0.29, 0.717) is 0 Å². The Labute approximate surface area is 128 Å². The largest absolute Gasteiger partial charge is 0.481 e. The number of hydrogen-bond acceptors (Lipinski definition) is 2. The minimum Gasteiger partial charge on any atom is -0.481 e. The van der Waals surface area contributed by atoms with Crippen LogP contribution in [0.2, 0.25) is 0 Å². The molecule has 3 aromatic rings. The lowest BCUT2D eigenvalue weighted by atomic mass is 10.0. The Morgan fingerprint density at radius 3 is 2.50 bits per heavy atom. The fourth-order valence-corrected chi connectivity index (χ4v) is 2.78. The number of aromatic nitrogens is 1. The van der Waals surface area contributed by atoms with Crippen LogP contribution in [0, 0.1) is 0 Å². The lowest BCUT2D eigenvalue weighted by Gasteiger charge is -2.07. The molecule has 4 heteroatoms. The summed E-state index contributed by atoms with van der Waals surface area (Å²) in [6.45, 7) is 0.737. The summed E-state index contributed by atoms with van der Waals surface area (Å²) in [4.78, 5) is 10.9. The molecule has 3 rings (SSSR count). The second kappa shape index (κ2) is 6.03. The Kier molecular flexibility index (Phi) is 3.94. The van der Waals surface area contributed by atoms with Gasteiger partial charge in [-0.2, -0.15) is 0 Å². The zero-order chi connectivity index (χ0) is 15.5. The molecule has 0 radical (unpaired) electrons. The normalized spacial score (nSPS) is 12.4. The van der Waals surface area contributed by atoms with E-state index < -0.39 is 12.0 Å². The fourth-order valence-electron chi connectivity index (χ4n) is 2.78. The van der Waals surface area contributed by atoms with Gasteiger partial charge in [0.15, 0.2) is 0 Å². The van der Waals surface area contributed by atoms with E-state index in [1.807, 2.05) is 48.7 Å². The summed E-state index contributed by atoms with van der Waals surface area (Å²) in [6, 6.07) is 17.6. The lowest BCUT2D eigenvalue weighted by molar-refractivity contribution is -0.137. The van der Waals surface area contributed by atoms with Crippen molar-refractivity contribution in [3.63, 3.8) is 0 Å². The molecule has 0 spiro atoms. The van der Waals surface area contributed by atoms with Crippen LogP contribution >= 0.6 is 0 Å². The van der Waals surface area contributed by atoms with Crippen molar-refractivity contribution >= 4 is 16.9 Å². The van der Waals surface area contributed by atoms with E-state index in [-0.39, 0.29) is 6.42 Å². The number of carboxylic acid groups (broad SMARTS) is 1. The molecule has 0 saturated heterocycles. The van der Waals surface area contributed by atoms with E-state index in [9.17, 15) is 4.79 Å². The van der Waals surface area contributed by atoms with Gasteiger partial charge in [0.1, 0.15) is 0 Å². The predicted molar refractivity (Wildman–Crippen MR) is 86.7 cm³/mol. The van der Waals surface area contributed by atoms with Crippen LogP contribution < -0.4 is 5.73 Å². The van der Waals surface area contributed by atoms with Gasteiger partial charge in [-0.15, -0.1) is 0 Å². The maximum atomic E-state index is 10.9. The summed E-state index contributed by atoms with van der Waals surface area (Å²) in [5.41, 5.74) is 9.23. The number of carbonyl (C=O) groups is 1. The first-order chi connectivity index (χ1) is 10.6. The van der Waals surface area contributed by atoms with Crippen LogP contribution in [0.25, 0.3) is 10.9 Å². The van der Waals surface area contributed by atoms with Gasteiger partial charge >= 0.3 is 5.97 Å². The summed E-state index contributed by atoms with van der Waals surface area (Å²) in [6.07, 6.45) is 1.91. The molecule has 0 bridgehead atoms. The maximum Gasteiger partial charge on any atom is 0.305 e. The van der Waals surface area contributed by atoms with Crippen LogP contribution in [0.4, 0.5) is 0 Å². The lowest BCUT2D eigenvalue weighted by Crippen LogP contribution is -2.14. The first-order valence-electron chi connectivity index (χ1n) is 7.24. The number of carboxylic acids is 1. The van der Waals surface area contributed by atoms with Crippen molar-refractivity contribution in [2.45, 2.75) is 19.0 Å². The molecule has 0 aliphatic carbocycles. The van der Waals surface area contributed by atoms with Crippen LogP contribution in [0.3, 0.4) is 0 Å². The highest BCUT2D eigenvalue weighted by Gasteiger charge is 2.17. The SMILES string of the molecule is NC(CC(=O)O)c1cn(Cc2ccccc2)c2ccccc12. The van der Waals surface area contributed by atoms with E-state index in [1.54, 1.807) is 0 Å². The van der Waals surface area contributed by atoms with Gasteiger partial charge in [0.05, 0.1) is 6.42 Å². The number of nitrogens with two attached hydrogens (primary N) is 1. The second-order valence-corrected chi connectivity index (χ2v) is 5.42. The Morgan fingerprint density at radius 2 is 1.77 bits per heavy atom. The summed E-state index contributed by atoms with van der Waals surface area (Å²) < 4.78 is 2.13. The minimum atomic E-state index is -0.882. The molecule has 22 heavy (non-hydrogen) atoms. The van der Waals surface area contributed by atoms with Crippen molar-refractivity contribution in [2.24, 2.45) is 5.73 Å². The van der Waals surface area contributed by atoms with E-state index in [0.717, 1.165) is 23.0 Å². The number of para-hydroxylation sites is 1. The van der Waals surface area contributed by atoms with Crippen LogP contribution in [0.15, 0.2) is 60.8 Å². The highest BCUT2D eigenvalue weighted by Crippen LogP contribution is 2.27. The molecule has 0 aliphatic rings. The van der Waals surface area contributed by atoms with E-state index >= 15 is 0 Å². The third-order valence-corrected chi connectivity index (χ3v) is 3.81. The third kappa shape index (κ3) is 2.87. The van der Waals surface area contributed by atoms with Crippen molar-refractivity contribution in [3.8, 4) is 0 Å². The van der Waals surface area contributed by atoms with E-state index in [1.165, 1.54) is 5.56 Å². The third-order valence-electron chi connectivity index (χ3n) is 3.81. The van der Waals surface area contributed by atoms with Gasteiger partial charge in [0, 0.05) is 29.7 Å². The average Bonchev–Trinajstić information content (AvgIpc) is 2.87. The molecule has 3 N–H and O–H groups in total. The van der Waals surface area contributed by atoms with Crippen LogP contribution in [0.1, 0.15) is 23.6 Å². The molecule has 1 atom stereocenters. The van der Waals surface area contributed by atoms with E-state index in [2.05, 4.69) is 16.7 Å². The average molecular weight is 294 g/mol. The Hall–Kier alpha value is -2.59. The zero-order valence-electron chi connectivity index (χ0n) is 12.1. The summed E-state index contributed by atoms with van der Waals surface area (Å²) in [7, 11) is 0. The van der Waals surface area contributed by atoms with Gasteiger partial charge in [-0.25, -0.2) is 0 Å². The first kappa shape index (κ1) is 14.4. The molecular weight excluding hydrogens is 276 g/mol. The smallest absolute Gasteiger partial charge is 0.305 e. The molecule has 0 saturated carbocycles. The number of hydrogen-bond donors (Lipinski definition) is 2. The quantitative estimate of drug-likeness (QED) is 0.759. The molecule has 1 unspecified atom stereocenters. The van der Waals surface area contributed by atoms with Crippen molar-refractivity contribution in [3.05, 3.63) is 71.9 Å². The van der Waals surface area contributed by atoms with Crippen LogP contribution in [-0.2, 0) is 11.3 Å². The van der Waals surface area contributed by atoms with Gasteiger partial charge in [0.2, 0.25) is 0 Å². The number of rotatable bonds is 5. The first-order valence-corrected chi connectivity index (χ1v) is 7.24. The number of fused-ring (bicyclic) bond motifs is 1. The molecule has 0 fully saturated rings. The number of nitrogens with zero attached hydrogens (tertiary/aromatic N) is 1. The molecule has 1 aromatic heterocycles. The Balaban J connectivity index is 2.02. The van der Waals surface area contributed by atoms with Gasteiger partial charge in [-0.05, 0) is 17.2 Å². The molecule has 0 amide bonds. The molecular formula is C18H18N2O2. The molecule has 0 aliphatic heterocycles. The number of aliphatic carboxylic acids is 1. The van der Waals surface area contributed by atoms with Gasteiger partial charge in [0.25, 0.3) is 0 Å².